The van der Waals surface area contributed by atoms with Crippen molar-refractivity contribution in [2.75, 3.05) is 19.6 Å². The Morgan fingerprint density at radius 3 is 2.48 bits per heavy atom. The van der Waals surface area contributed by atoms with Crippen LogP contribution in [0, 0.1) is 13.8 Å². The topological polar surface area (TPSA) is 84.3 Å². The van der Waals surface area contributed by atoms with Gasteiger partial charge < -0.3 is 5.32 Å². The average molecular weight is 439 g/mol. The van der Waals surface area contributed by atoms with Gasteiger partial charge in [0.2, 0.25) is 15.9 Å². The van der Waals surface area contributed by atoms with E-state index in [-0.39, 0.29) is 17.2 Å². The number of hydrogen-bond donors (Lipinski definition) is 1. The van der Waals surface area contributed by atoms with Gasteiger partial charge in [0.05, 0.1) is 17.9 Å². The van der Waals surface area contributed by atoms with Crippen molar-refractivity contribution in [2.45, 2.75) is 51.0 Å². The Labute approximate surface area is 177 Å². The zero-order chi connectivity index (χ0) is 21.0. The molecule has 0 bridgehead atoms. The third kappa shape index (κ3) is 5.18. The van der Waals surface area contributed by atoms with E-state index in [9.17, 15) is 13.2 Å². The summed E-state index contributed by atoms with van der Waals surface area (Å²) in [6, 6.07) is 7.53. The van der Waals surface area contributed by atoms with Crippen LogP contribution in [0.2, 0.25) is 5.02 Å². The van der Waals surface area contributed by atoms with Crippen LogP contribution in [0.5, 0.6) is 0 Å². The number of rotatable bonds is 8. The van der Waals surface area contributed by atoms with E-state index >= 15 is 0 Å². The van der Waals surface area contributed by atoms with Crippen molar-refractivity contribution in [2.24, 2.45) is 0 Å². The van der Waals surface area contributed by atoms with Gasteiger partial charge in [-0.1, -0.05) is 23.7 Å². The highest BCUT2D eigenvalue weighted by atomic mass is 35.5. The number of sulfonamides is 1. The maximum absolute atomic E-state index is 12.9. The quantitative estimate of drug-likeness (QED) is 0.686. The first-order valence-corrected chi connectivity index (χ1v) is 11.7. The predicted octanol–water partition coefficient (Wildman–Crippen LogP) is 2.69. The zero-order valence-corrected chi connectivity index (χ0v) is 18.4. The van der Waals surface area contributed by atoms with Gasteiger partial charge in [-0.2, -0.15) is 9.40 Å². The Morgan fingerprint density at radius 1 is 1.17 bits per heavy atom. The molecule has 1 aliphatic rings. The van der Waals surface area contributed by atoms with Gasteiger partial charge in [-0.3, -0.25) is 9.48 Å². The summed E-state index contributed by atoms with van der Waals surface area (Å²) in [6.45, 7) is 5.45. The van der Waals surface area contributed by atoms with Gasteiger partial charge in [-0.15, -0.1) is 0 Å². The molecule has 1 aliphatic heterocycles. The van der Waals surface area contributed by atoms with E-state index in [0.29, 0.717) is 42.6 Å². The van der Waals surface area contributed by atoms with E-state index in [4.69, 9.17) is 11.6 Å². The van der Waals surface area contributed by atoms with Gasteiger partial charge in [0.1, 0.15) is 4.90 Å². The van der Waals surface area contributed by atoms with E-state index in [1.807, 2.05) is 24.3 Å². The summed E-state index contributed by atoms with van der Waals surface area (Å²) in [6.07, 6.45) is 2.75. The largest absolute Gasteiger partial charge is 0.356 e. The van der Waals surface area contributed by atoms with E-state index in [1.54, 1.807) is 18.5 Å². The van der Waals surface area contributed by atoms with Gasteiger partial charge in [0.15, 0.2) is 0 Å². The Balaban J connectivity index is 1.55. The molecule has 1 aromatic heterocycles. The fourth-order valence-corrected chi connectivity index (χ4v) is 5.64. The lowest BCUT2D eigenvalue weighted by molar-refractivity contribution is -0.121. The number of carbonyl (C=O) groups is 1. The monoisotopic (exact) mass is 438 g/mol. The summed E-state index contributed by atoms with van der Waals surface area (Å²) in [4.78, 5) is 12.5. The molecule has 0 radical (unpaired) electrons. The van der Waals surface area contributed by atoms with E-state index in [0.717, 1.165) is 24.8 Å². The fourth-order valence-electron chi connectivity index (χ4n) is 3.62. The molecule has 3 rings (SSSR count). The lowest BCUT2D eigenvalue weighted by atomic mass is 10.1. The summed E-state index contributed by atoms with van der Waals surface area (Å²) >= 11 is 5.87. The minimum Gasteiger partial charge on any atom is -0.356 e. The molecule has 2 heterocycles. The molecule has 1 amide bonds. The van der Waals surface area contributed by atoms with Gasteiger partial charge in [0, 0.05) is 31.1 Å². The van der Waals surface area contributed by atoms with Crippen molar-refractivity contribution in [3.8, 4) is 0 Å². The molecular weight excluding hydrogens is 412 g/mol. The van der Waals surface area contributed by atoms with Crippen LogP contribution in [0.15, 0.2) is 29.2 Å². The van der Waals surface area contributed by atoms with Gasteiger partial charge >= 0.3 is 0 Å². The standard InChI is InChI=1S/C20H27ClN4O3S/c1-15-20(29(27,28)24-12-3-4-13-24)16(2)25(23-15)14-10-19(26)22-11-9-17-5-7-18(21)8-6-17/h5-8H,3-4,9-14H2,1-2H3,(H,22,26). The molecule has 7 nitrogen and oxygen atoms in total. The molecule has 0 atom stereocenters. The molecule has 0 aliphatic carbocycles. The lowest BCUT2D eigenvalue weighted by Crippen LogP contribution is -2.29. The molecule has 9 heteroatoms. The first-order valence-electron chi connectivity index (χ1n) is 9.84. The van der Waals surface area contributed by atoms with Crippen LogP contribution in [0.1, 0.15) is 36.2 Å². The second-order valence-corrected chi connectivity index (χ2v) is 9.62. The smallest absolute Gasteiger partial charge is 0.246 e. The number of halogens is 1. The number of amides is 1. The number of aryl methyl sites for hydroxylation is 2. The Kier molecular flexibility index (Phi) is 6.97. The maximum atomic E-state index is 12.9. The third-order valence-electron chi connectivity index (χ3n) is 5.18. The summed E-state index contributed by atoms with van der Waals surface area (Å²) in [5.74, 6) is -0.0875. The van der Waals surface area contributed by atoms with E-state index in [2.05, 4.69) is 10.4 Å². The minimum absolute atomic E-state index is 0.0875. The van der Waals surface area contributed by atoms with Crippen LogP contribution < -0.4 is 5.32 Å². The summed E-state index contributed by atoms with van der Waals surface area (Å²) in [5.41, 5.74) is 2.17. The van der Waals surface area contributed by atoms with Gasteiger partial charge in [0.25, 0.3) is 0 Å². The van der Waals surface area contributed by atoms with Crippen molar-refractivity contribution in [1.82, 2.24) is 19.4 Å². The minimum atomic E-state index is -3.53. The molecule has 158 valence electrons. The van der Waals surface area contributed by atoms with E-state index in [1.165, 1.54) is 4.31 Å². The number of benzene rings is 1. The zero-order valence-electron chi connectivity index (χ0n) is 16.8. The molecule has 0 saturated carbocycles. The van der Waals surface area contributed by atoms with E-state index < -0.39 is 10.0 Å². The highest BCUT2D eigenvalue weighted by Crippen LogP contribution is 2.26. The SMILES string of the molecule is Cc1nn(CCC(=O)NCCc2ccc(Cl)cc2)c(C)c1S(=O)(=O)N1CCCC1. The van der Waals surface area contributed by atoms with Crippen molar-refractivity contribution in [1.29, 1.82) is 0 Å². The number of aromatic nitrogens is 2. The molecule has 0 spiro atoms. The van der Waals surface area contributed by atoms with Gasteiger partial charge in [-0.05, 0) is 50.8 Å². The molecular formula is C20H27ClN4O3S. The first-order chi connectivity index (χ1) is 13.8. The Hall–Kier alpha value is -1.90. The molecule has 2 aromatic rings. The highest BCUT2D eigenvalue weighted by Gasteiger charge is 2.32. The Morgan fingerprint density at radius 2 is 1.83 bits per heavy atom. The van der Waals surface area contributed by atoms with Gasteiger partial charge in [-0.25, -0.2) is 8.42 Å². The van der Waals surface area contributed by atoms with Crippen molar-refractivity contribution < 1.29 is 13.2 Å². The molecule has 1 N–H and O–H groups in total. The van der Waals surface area contributed by atoms with Crippen LogP contribution in [0.3, 0.4) is 0 Å². The maximum Gasteiger partial charge on any atom is 0.246 e. The third-order valence-corrected chi connectivity index (χ3v) is 7.58. The van der Waals surface area contributed by atoms with Crippen molar-refractivity contribution >= 4 is 27.5 Å². The first kappa shape index (κ1) is 21.8. The van der Waals surface area contributed by atoms with Crippen molar-refractivity contribution in [3.63, 3.8) is 0 Å². The molecule has 1 fully saturated rings. The molecule has 0 unspecified atom stereocenters. The van der Waals surface area contributed by atoms with Crippen LogP contribution in [-0.4, -0.2) is 48.0 Å². The molecule has 29 heavy (non-hydrogen) atoms. The number of nitrogens with one attached hydrogen (secondary N) is 1. The fraction of sp³-hybridized carbons (Fsp3) is 0.500. The molecule has 1 aromatic carbocycles. The normalized spacial score (nSPS) is 15.0. The van der Waals surface area contributed by atoms with Crippen LogP contribution in [-0.2, 0) is 27.8 Å². The van der Waals surface area contributed by atoms with Crippen molar-refractivity contribution in [3.05, 3.63) is 46.2 Å². The summed E-state index contributed by atoms with van der Waals surface area (Å²) in [7, 11) is -3.53. The predicted molar refractivity (Wildman–Crippen MR) is 112 cm³/mol. The summed E-state index contributed by atoms with van der Waals surface area (Å²) < 4.78 is 29.0. The van der Waals surface area contributed by atoms with Crippen LogP contribution in [0.25, 0.3) is 0 Å². The van der Waals surface area contributed by atoms with Crippen LogP contribution >= 0.6 is 11.6 Å². The second-order valence-electron chi connectivity index (χ2n) is 7.31. The highest BCUT2D eigenvalue weighted by molar-refractivity contribution is 7.89. The number of hydrogen-bond acceptors (Lipinski definition) is 4. The molecule has 1 saturated heterocycles. The lowest BCUT2D eigenvalue weighted by Gasteiger charge is -2.15. The average Bonchev–Trinajstić information content (AvgIpc) is 3.31. The Bertz CT molecular complexity index is 964. The second kappa shape index (κ2) is 9.28. The number of carbonyl (C=O) groups excluding carboxylic acids is 1. The van der Waals surface area contributed by atoms with Crippen LogP contribution in [0.4, 0.5) is 0 Å². The summed E-state index contributed by atoms with van der Waals surface area (Å²) in [5, 5.41) is 7.96. The number of nitrogens with zero attached hydrogens (tertiary/aromatic N) is 3.